The lowest BCUT2D eigenvalue weighted by molar-refractivity contribution is -0.432. The molecule has 93 heavy (non-hydrogen) atoms. The molecule has 0 unspecified atom stereocenters. The van der Waals surface area contributed by atoms with Gasteiger partial charge in [-0.25, -0.2) is 20.0 Å². The average Bonchev–Trinajstić information content (AvgIpc) is 1.40. The van der Waals surface area contributed by atoms with E-state index in [-0.39, 0.29) is 35.8 Å². The Bertz CT molecular complexity index is 5440. The first-order valence-electron chi connectivity index (χ1n) is 23.1. The van der Waals surface area contributed by atoms with E-state index in [1.54, 1.807) is 0 Å². The quantitative estimate of drug-likeness (QED) is 0.00547. The summed E-state index contributed by atoms with van der Waals surface area (Å²) >= 11 is -0.220. The number of non-ortho nitro benzene ring substituents is 1. The van der Waals surface area contributed by atoms with Gasteiger partial charge in [0.15, 0.2) is 22.9 Å². The van der Waals surface area contributed by atoms with E-state index in [1.807, 2.05) is 0 Å². The van der Waals surface area contributed by atoms with Crippen molar-refractivity contribution >= 4 is 169 Å². The molecule has 0 aliphatic rings. The molecule has 0 amide bonds. The van der Waals surface area contributed by atoms with Crippen molar-refractivity contribution in [3.05, 3.63) is 111 Å². The van der Waals surface area contributed by atoms with Gasteiger partial charge in [0.2, 0.25) is 0 Å². The highest BCUT2D eigenvalue weighted by Gasteiger charge is 2.31. The van der Waals surface area contributed by atoms with Gasteiger partial charge in [-0.15, -0.1) is 49.6 Å². The molecule has 0 fully saturated rings. The Morgan fingerprint density at radius 1 is 0.527 bits per heavy atom. The normalized spacial score (nSPS) is 13.0. The first kappa shape index (κ1) is 69.5. The van der Waals surface area contributed by atoms with Gasteiger partial charge in [-0.05, 0) is 72.8 Å². The number of anilines is 1. The Hall–Kier alpha value is -9.34. The number of hydrogen-bond acceptors (Lipinski definition) is 35. The molecule has 51 heteroatoms. The zero-order valence-corrected chi connectivity index (χ0v) is 50.5. The molecule has 43 nitrogen and oxygen atoms in total. The highest BCUT2D eigenvalue weighted by atomic mass is 32.2. The van der Waals surface area contributed by atoms with E-state index in [2.05, 4.69) is 64.8 Å². The average molecular weight is 1450 g/mol. The molecule has 0 saturated heterocycles. The summed E-state index contributed by atoms with van der Waals surface area (Å²) in [6, 6.07) is 8.87. The van der Waals surface area contributed by atoms with Crippen LogP contribution in [-0.2, 0) is 79.5 Å². The third-order valence-electron chi connectivity index (χ3n) is 11.9. The van der Waals surface area contributed by atoms with Gasteiger partial charge in [0.25, 0.3) is 72.0 Å². The number of fused-ring (bicyclic) bond motifs is 2. The van der Waals surface area contributed by atoms with Gasteiger partial charge in [-0.2, -0.15) is 50.5 Å². The van der Waals surface area contributed by atoms with Crippen molar-refractivity contribution in [2.75, 3.05) is 5.73 Å². The molecule has 0 bridgehead atoms. The van der Waals surface area contributed by atoms with Crippen molar-refractivity contribution in [2.45, 2.75) is 39.2 Å². The van der Waals surface area contributed by atoms with Crippen molar-refractivity contribution < 1.29 is 132 Å². The number of aromatic hydroxyl groups is 2. The number of nitrogen functional groups attached to an aromatic ring is 1. The third-order valence-corrected chi connectivity index (χ3v) is 18.5. The lowest BCUT2D eigenvalue weighted by atomic mass is 10.0. The van der Waals surface area contributed by atoms with Crippen LogP contribution >= 0.6 is 24.1 Å². The topological polar surface area (TPSA) is 687 Å². The van der Waals surface area contributed by atoms with E-state index >= 15 is 0 Å². The maximum atomic E-state index is 13.5. The Kier molecular flexibility index (Phi) is 19.4. The Balaban J connectivity index is 1.28. The number of carbonyl (C=O) groups is 1. The van der Waals surface area contributed by atoms with Crippen LogP contribution in [0.3, 0.4) is 0 Å². The number of phenolic OH excluding ortho intramolecular Hbond substituents is 2. The molecule has 1 heterocycles. The zero-order valence-electron chi connectivity index (χ0n) is 44.0. The lowest BCUT2D eigenvalue weighted by Crippen LogP contribution is -2.14. The number of aromatic amines is 1. The summed E-state index contributed by atoms with van der Waals surface area (Å²) in [7, 11) is -32.8. The second-order valence-corrected chi connectivity index (χ2v) is 27.3. The minimum absolute atomic E-state index is 0.0701. The summed E-state index contributed by atoms with van der Waals surface area (Å²) in [6.45, 7) is 0. The van der Waals surface area contributed by atoms with Gasteiger partial charge in [-0.3, -0.25) is 47.3 Å². The maximum Gasteiger partial charge on any atom is 0.356 e. The number of azo groups is 4. The molecule has 0 spiro atoms. The van der Waals surface area contributed by atoms with Crippen LogP contribution in [0.5, 0.6) is 11.5 Å². The first-order chi connectivity index (χ1) is 43.2. The molecule has 8 aromatic rings. The van der Waals surface area contributed by atoms with Gasteiger partial charge in [0.1, 0.15) is 64.3 Å². The van der Waals surface area contributed by atoms with Crippen LogP contribution in [0.1, 0.15) is 10.5 Å². The standard InChI is InChI=1S/C42H28N12O31S8/c43-33-25(13-28(89(67,68)69)20-10-27(87-85-83-63)34(39(56)32(20)33)49-44-21-7-3-16(54(60)61)9-29(21)90(70,71)72)48-45-22-8-6-18-19(40(22)93(79,80)81)11-31(92(76,77)78)35(38(18)55)50-46-23-12-24(30(91(73,74)75)14-26(23)86-84-82-62)47-51-36-37(42(58)59)52-53(41(36)57)15-1-4-17(5-2-15)88(64,65)66/h1-14,52,55-56,62-63H,43H2,(H,58,59)(H,64,65,66)(H,67,68,69)(H,70,71,72)(H,73,74,75)(H,76,77,78)(H,79,80,81). The number of phenols is 2. The fraction of sp³-hybridized carbons (Fsp3) is 0. The van der Waals surface area contributed by atoms with Crippen LogP contribution in [-0.4, -0.2) is 124 Å². The van der Waals surface area contributed by atoms with Crippen molar-refractivity contribution in [1.29, 1.82) is 0 Å². The summed E-state index contributed by atoms with van der Waals surface area (Å²) in [5.41, 5.74) is -6.28. The number of nitro benzene ring substituents is 1. The number of benzene rings is 7. The predicted octanol–water partition coefficient (Wildman–Crippen LogP) is 8.07. The highest BCUT2D eigenvalue weighted by molar-refractivity contribution is 7.95. The molecule has 8 rings (SSSR count). The fourth-order valence-electron chi connectivity index (χ4n) is 8.01. The molecule has 1 aromatic heterocycles. The second kappa shape index (κ2) is 26.0. The number of aromatic nitrogens is 2. The molecule has 490 valence electrons. The number of carboxylic acid groups (broad SMARTS) is 1. The summed E-state index contributed by atoms with van der Waals surface area (Å²) in [5.74, 6) is -4.64. The van der Waals surface area contributed by atoms with Crippen molar-refractivity contribution in [1.82, 2.24) is 9.78 Å². The van der Waals surface area contributed by atoms with E-state index in [0.29, 0.717) is 47.1 Å². The minimum Gasteiger partial charge on any atom is -0.505 e. The number of carboxylic acids is 1. The molecule has 7 aromatic carbocycles. The molecular formula is C42H28N12O31S8. The van der Waals surface area contributed by atoms with Crippen LogP contribution in [0, 0.1) is 10.1 Å². The van der Waals surface area contributed by atoms with E-state index in [0.717, 1.165) is 36.4 Å². The number of H-pyrrole nitrogens is 1. The van der Waals surface area contributed by atoms with Gasteiger partial charge in [-0.1, -0.05) is 10.1 Å². The van der Waals surface area contributed by atoms with Gasteiger partial charge in [0.05, 0.1) is 60.5 Å². The van der Waals surface area contributed by atoms with Crippen molar-refractivity contribution in [2.24, 2.45) is 40.9 Å². The third kappa shape index (κ3) is 14.8. The minimum atomic E-state index is -5.84. The zero-order chi connectivity index (χ0) is 68.8. The van der Waals surface area contributed by atoms with Crippen LogP contribution in [0.4, 0.5) is 56.9 Å². The number of nitrogens with two attached hydrogens (primary N) is 1. The summed E-state index contributed by atoms with van der Waals surface area (Å²) < 4.78 is 221. The van der Waals surface area contributed by atoms with E-state index in [9.17, 15) is 113 Å². The van der Waals surface area contributed by atoms with Gasteiger partial charge in [0, 0.05) is 28.3 Å². The van der Waals surface area contributed by atoms with Crippen LogP contribution < -0.4 is 11.3 Å². The van der Waals surface area contributed by atoms with Gasteiger partial charge < -0.3 is 21.1 Å². The Morgan fingerprint density at radius 3 is 1.61 bits per heavy atom. The fourth-order valence-corrected chi connectivity index (χ4v) is 12.9. The van der Waals surface area contributed by atoms with Crippen LogP contribution in [0.15, 0.2) is 170 Å². The maximum absolute atomic E-state index is 13.5. The summed E-state index contributed by atoms with van der Waals surface area (Å²) in [5, 5.41) is 96.9. The second-order valence-electron chi connectivity index (χ2n) is 17.5. The molecule has 0 atom stereocenters. The molecule has 14 N–H and O–H groups in total. The number of nitrogens with zero attached hydrogens (tertiary/aromatic N) is 10. The van der Waals surface area contributed by atoms with E-state index < -0.39 is 212 Å². The monoisotopic (exact) mass is 1450 g/mol. The molecule has 0 radical (unpaired) electrons. The highest BCUT2D eigenvalue weighted by Crippen LogP contribution is 2.51. The van der Waals surface area contributed by atoms with E-state index in [1.165, 1.54) is 0 Å². The number of hydrogen-bond donors (Lipinski definition) is 13. The lowest BCUT2D eigenvalue weighted by Gasteiger charge is -2.15. The van der Waals surface area contributed by atoms with E-state index in [4.69, 9.17) is 16.2 Å². The van der Waals surface area contributed by atoms with Gasteiger partial charge >= 0.3 is 5.97 Å². The smallest absolute Gasteiger partial charge is 0.356 e. The first-order valence-corrected chi connectivity index (χ1v) is 33.2. The summed E-state index contributed by atoms with van der Waals surface area (Å²) in [4.78, 5) is 27.2. The molecule has 0 saturated carbocycles. The summed E-state index contributed by atoms with van der Waals surface area (Å²) in [6.07, 6.45) is 0. The Morgan fingerprint density at radius 2 is 1.05 bits per heavy atom. The Labute approximate surface area is 522 Å². The number of nitrogens with one attached hydrogen (secondary N) is 1. The molecular weight excluding hydrogens is 1430 g/mol. The number of rotatable bonds is 23. The van der Waals surface area contributed by atoms with Crippen molar-refractivity contribution in [3.8, 4) is 17.2 Å². The van der Waals surface area contributed by atoms with Crippen LogP contribution in [0.25, 0.3) is 27.2 Å². The molecule has 0 aliphatic carbocycles. The van der Waals surface area contributed by atoms with Crippen molar-refractivity contribution in [3.63, 3.8) is 0 Å². The SMILES string of the molecule is Nc1c(N=Nc2ccc3c(O)c(N=Nc4cc(N=Nc5c(C(=O)O)[nH]n(-c6ccc(S(=O)(=O)O)cc6)c5=O)c(S(=O)(=O)O)cc4SOOO)c(S(=O)(=O)O)cc3c2S(=O)(=O)O)cc(S(=O)(=O)O)c2cc(SOOO)c(N=Nc3ccc([N+](=O)[O-])cc3S(=O)(=O)O)c(O)c12. The molecule has 0 aliphatic heterocycles. The van der Waals surface area contributed by atoms with Crippen LogP contribution in [0.2, 0.25) is 0 Å². The number of nitro groups is 1. The largest absolute Gasteiger partial charge is 0.505 e. The number of aromatic carboxylic acids is 1. The predicted molar refractivity (Wildman–Crippen MR) is 305 cm³/mol.